The molecular weight excluding hydrogens is 158 g/mol. The molecule has 0 aliphatic heterocycles. The summed E-state index contributed by atoms with van der Waals surface area (Å²) >= 11 is -2.32. The van der Waals surface area contributed by atoms with Crippen molar-refractivity contribution in [2.45, 2.75) is 6.42 Å². The van der Waals surface area contributed by atoms with E-state index in [2.05, 4.69) is 11.4 Å². The average Bonchev–Trinajstić information content (AvgIpc) is 1.85. The summed E-state index contributed by atoms with van der Waals surface area (Å²) < 4.78 is 17.8. The molecule has 0 spiro atoms. The second-order valence-corrected chi connectivity index (χ2v) is 1.96. The Morgan fingerprint density at radius 3 is 2.90 bits per heavy atom. The van der Waals surface area contributed by atoms with Crippen LogP contribution in [0.25, 0.3) is 0 Å². The third-order valence-electron chi connectivity index (χ3n) is 0.538. The molecule has 1 unspecified atom stereocenters. The van der Waals surface area contributed by atoms with Crippen molar-refractivity contribution in [3.63, 3.8) is 0 Å². The second kappa shape index (κ2) is 5.10. The highest BCUT2D eigenvalue weighted by Gasteiger charge is 1.99. The molecule has 2 N–H and O–H groups in total. The van der Waals surface area contributed by atoms with Gasteiger partial charge in [0.1, 0.15) is 0 Å². The zero-order valence-electron chi connectivity index (χ0n) is 5.07. The summed E-state index contributed by atoms with van der Waals surface area (Å²) in [4.78, 5) is 15.9. The van der Waals surface area contributed by atoms with Crippen LogP contribution < -0.4 is 4.89 Å². The van der Waals surface area contributed by atoms with Crippen molar-refractivity contribution < 1.29 is 18.4 Å². The predicted molar refractivity (Wildman–Crippen MR) is 34.8 cm³/mol. The van der Waals surface area contributed by atoms with Gasteiger partial charge in [-0.3, -0.25) is 4.55 Å². The summed E-state index contributed by atoms with van der Waals surface area (Å²) in [6.45, 7) is 3.26. The van der Waals surface area contributed by atoms with Gasteiger partial charge in [0.05, 0.1) is 6.42 Å². The minimum absolute atomic E-state index is 0.00417. The van der Waals surface area contributed by atoms with E-state index >= 15 is 0 Å². The summed E-state index contributed by atoms with van der Waals surface area (Å²) in [5.74, 6) is -0.655. The summed E-state index contributed by atoms with van der Waals surface area (Å²) in [5.41, 5.74) is 0. The van der Waals surface area contributed by atoms with E-state index in [0.29, 0.717) is 0 Å². The number of hydrogen-bond acceptors (Lipinski definition) is 3. The van der Waals surface area contributed by atoms with Crippen molar-refractivity contribution in [3.05, 3.63) is 12.7 Å². The van der Waals surface area contributed by atoms with Crippen LogP contribution in [0.15, 0.2) is 12.7 Å². The van der Waals surface area contributed by atoms with Gasteiger partial charge >= 0.3 is 5.97 Å². The third-order valence-corrected chi connectivity index (χ3v) is 0.764. The van der Waals surface area contributed by atoms with Crippen molar-refractivity contribution in [2.75, 3.05) is 0 Å². The Morgan fingerprint density at radius 1 is 1.90 bits per heavy atom. The zero-order valence-corrected chi connectivity index (χ0v) is 5.89. The van der Waals surface area contributed by atoms with Crippen LogP contribution in [0.3, 0.4) is 0 Å². The van der Waals surface area contributed by atoms with E-state index in [0.717, 1.165) is 0 Å². The molecule has 0 heterocycles. The van der Waals surface area contributed by atoms with Gasteiger partial charge in [0.2, 0.25) is 0 Å². The molecule has 0 saturated carbocycles. The monoisotopic (exact) mass is 165 g/mol. The number of rotatable bonds is 4. The fraction of sp³-hybridized carbons (Fsp3) is 0.250. The quantitative estimate of drug-likeness (QED) is 0.342. The van der Waals surface area contributed by atoms with Gasteiger partial charge in [-0.05, 0) is 4.89 Å². The summed E-state index contributed by atoms with van der Waals surface area (Å²) in [6, 6.07) is 0. The van der Waals surface area contributed by atoms with Gasteiger partial charge in [-0.25, -0.2) is 9.00 Å². The molecule has 0 aromatic heterocycles. The number of nitrogens with one attached hydrogen (secondary N) is 1. The molecule has 6 heteroatoms. The minimum atomic E-state index is -2.32. The molecule has 0 aliphatic rings. The van der Waals surface area contributed by atoms with Crippen molar-refractivity contribution >= 4 is 17.2 Å². The fourth-order valence-electron chi connectivity index (χ4n) is 0.242. The van der Waals surface area contributed by atoms with Crippen LogP contribution in [-0.4, -0.2) is 14.7 Å². The first-order valence-electron chi connectivity index (χ1n) is 2.34. The lowest BCUT2D eigenvalue weighted by molar-refractivity contribution is -0.146. The first kappa shape index (κ1) is 9.28. The van der Waals surface area contributed by atoms with Gasteiger partial charge in [0.25, 0.3) is 11.3 Å². The van der Waals surface area contributed by atoms with Gasteiger partial charge < -0.3 is 4.84 Å². The number of hydrogen-bond donors (Lipinski definition) is 2. The Balaban J connectivity index is 3.39. The van der Waals surface area contributed by atoms with Crippen LogP contribution in [0.5, 0.6) is 0 Å². The minimum Gasteiger partial charge on any atom is -0.356 e. The fourth-order valence-corrected chi connectivity index (χ4v) is 0.406. The van der Waals surface area contributed by atoms with Crippen LogP contribution in [-0.2, 0) is 20.9 Å². The molecule has 10 heavy (non-hydrogen) atoms. The van der Waals surface area contributed by atoms with Crippen molar-refractivity contribution in [1.29, 1.82) is 0 Å². The molecule has 58 valence electrons. The maximum atomic E-state index is 10.3. The molecule has 0 bridgehead atoms. The normalized spacial score (nSPS) is 12.1. The smallest absolute Gasteiger partial charge is 0.329 e. The van der Waals surface area contributed by atoms with Crippen LogP contribution in [0.1, 0.15) is 6.42 Å². The molecule has 1 atom stereocenters. The highest BCUT2D eigenvalue weighted by molar-refractivity contribution is 7.76. The Bertz CT molecular complexity index is 157. The van der Waals surface area contributed by atoms with Gasteiger partial charge in [0, 0.05) is 0 Å². The highest BCUT2D eigenvalue weighted by Crippen LogP contribution is 1.82. The first-order chi connectivity index (χ1) is 4.66. The van der Waals surface area contributed by atoms with E-state index in [1.807, 2.05) is 0 Å². The molecule has 0 aliphatic carbocycles. The van der Waals surface area contributed by atoms with Gasteiger partial charge in [0.15, 0.2) is 0 Å². The van der Waals surface area contributed by atoms with Crippen LogP contribution >= 0.6 is 0 Å². The molecule has 0 amide bonds. The summed E-state index contributed by atoms with van der Waals surface area (Å²) in [6.07, 6.45) is 1.33. The summed E-state index contributed by atoms with van der Waals surface area (Å²) in [7, 11) is 0. The molecule has 0 aromatic rings. The molecule has 0 saturated heterocycles. The van der Waals surface area contributed by atoms with E-state index in [1.165, 1.54) is 6.08 Å². The van der Waals surface area contributed by atoms with Crippen molar-refractivity contribution in [2.24, 2.45) is 0 Å². The average molecular weight is 165 g/mol. The van der Waals surface area contributed by atoms with Crippen LogP contribution in [0.4, 0.5) is 0 Å². The van der Waals surface area contributed by atoms with Crippen LogP contribution in [0.2, 0.25) is 0 Å². The molecular formula is C4H7NO4S. The van der Waals surface area contributed by atoms with Gasteiger partial charge in [-0.1, -0.05) is 6.08 Å². The Morgan fingerprint density at radius 2 is 2.50 bits per heavy atom. The van der Waals surface area contributed by atoms with E-state index in [4.69, 9.17) is 4.55 Å². The maximum Gasteiger partial charge on any atom is 0.329 e. The predicted octanol–water partition coefficient (Wildman–Crippen LogP) is -0.253. The van der Waals surface area contributed by atoms with Crippen molar-refractivity contribution in [3.8, 4) is 0 Å². The summed E-state index contributed by atoms with van der Waals surface area (Å²) in [5, 5.41) is 0. The highest BCUT2D eigenvalue weighted by atomic mass is 32.2. The topological polar surface area (TPSA) is 75.6 Å². The lowest BCUT2D eigenvalue weighted by Gasteiger charge is -1.97. The Hall–Kier alpha value is -0.720. The lowest BCUT2D eigenvalue weighted by atomic mass is 10.4. The SMILES string of the molecule is C=CCC(=O)ONS(=O)O. The second-order valence-electron chi connectivity index (χ2n) is 1.30. The lowest BCUT2D eigenvalue weighted by Crippen LogP contribution is -2.20. The van der Waals surface area contributed by atoms with E-state index in [9.17, 15) is 9.00 Å². The molecule has 0 radical (unpaired) electrons. The largest absolute Gasteiger partial charge is 0.356 e. The zero-order chi connectivity index (χ0) is 7.98. The standard InChI is InChI=1S/C4H7NO4S/c1-2-3-4(6)9-5-10(7)8/h2,5H,1,3H2,(H,7,8). The maximum absolute atomic E-state index is 10.3. The number of carbonyl (C=O) groups excluding carboxylic acids is 1. The Kier molecular flexibility index (Phi) is 4.73. The van der Waals surface area contributed by atoms with Crippen LogP contribution in [0, 0.1) is 0 Å². The molecule has 0 aromatic carbocycles. The van der Waals surface area contributed by atoms with Crippen molar-refractivity contribution in [1.82, 2.24) is 4.89 Å². The molecule has 0 fully saturated rings. The Labute approximate surface area is 60.4 Å². The van der Waals surface area contributed by atoms with Gasteiger partial charge in [-0.2, -0.15) is 0 Å². The third kappa shape index (κ3) is 5.42. The number of carbonyl (C=O) groups is 1. The van der Waals surface area contributed by atoms with E-state index in [1.54, 1.807) is 4.89 Å². The molecule has 5 nitrogen and oxygen atoms in total. The van der Waals surface area contributed by atoms with E-state index in [-0.39, 0.29) is 6.42 Å². The van der Waals surface area contributed by atoms with E-state index < -0.39 is 17.2 Å². The van der Waals surface area contributed by atoms with Gasteiger partial charge in [-0.15, -0.1) is 6.58 Å². The molecule has 0 rings (SSSR count). The first-order valence-corrected chi connectivity index (χ1v) is 3.44.